The largest absolute Gasteiger partial charge is 0.395 e. The van der Waals surface area contributed by atoms with E-state index in [1.807, 2.05) is 13.0 Å². The number of halogens is 1. The number of hydrogen-bond donors (Lipinski definition) is 2. The first-order valence-corrected chi connectivity index (χ1v) is 4.33. The summed E-state index contributed by atoms with van der Waals surface area (Å²) in [6, 6.07) is 6.53. The van der Waals surface area contributed by atoms with Crippen LogP contribution in [0.3, 0.4) is 0 Å². The number of aliphatic hydroxyl groups excluding tert-OH is 1. The Morgan fingerprint density at radius 2 is 2.31 bits per heavy atom. The van der Waals surface area contributed by atoms with E-state index in [1.165, 1.54) is 12.1 Å². The molecule has 0 fully saturated rings. The van der Waals surface area contributed by atoms with E-state index in [1.54, 1.807) is 6.07 Å². The number of benzene rings is 1. The van der Waals surface area contributed by atoms with Crippen LogP contribution in [0.4, 0.5) is 4.39 Å². The summed E-state index contributed by atoms with van der Waals surface area (Å²) in [4.78, 5) is 0. The number of aliphatic hydroxyl groups is 1. The van der Waals surface area contributed by atoms with E-state index in [0.717, 1.165) is 5.56 Å². The van der Waals surface area contributed by atoms with E-state index < -0.39 is 0 Å². The van der Waals surface area contributed by atoms with Crippen LogP contribution < -0.4 is 5.32 Å². The van der Waals surface area contributed by atoms with Gasteiger partial charge in [-0.3, -0.25) is 0 Å². The molecule has 2 N–H and O–H groups in total. The Hall–Kier alpha value is -0.930. The average Bonchev–Trinajstić information content (AvgIpc) is 2.14. The van der Waals surface area contributed by atoms with Gasteiger partial charge in [-0.2, -0.15) is 0 Å². The highest BCUT2D eigenvalue weighted by molar-refractivity contribution is 5.19. The van der Waals surface area contributed by atoms with Gasteiger partial charge in [-0.15, -0.1) is 0 Å². The maximum absolute atomic E-state index is 12.8. The summed E-state index contributed by atoms with van der Waals surface area (Å²) in [7, 11) is 0. The molecule has 1 unspecified atom stereocenters. The van der Waals surface area contributed by atoms with Gasteiger partial charge in [0.25, 0.3) is 0 Å². The van der Waals surface area contributed by atoms with Crippen LogP contribution in [0.5, 0.6) is 0 Å². The Morgan fingerprint density at radius 3 is 2.92 bits per heavy atom. The van der Waals surface area contributed by atoms with Gasteiger partial charge in [0.1, 0.15) is 5.82 Å². The Balaban J connectivity index is 2.60. The van der Waals surface area contributed by atoms with Crippen LogP contribution in [0, 0.1) is 5.82 Å². The van der Waals surface area contributed by atoms with Crippen molar-refractivity contribution in [3.05, 3.63) is 35.6 Å². The summed E-state index contributed by atoms with van der Waals surface area (Å²) in [5.41, 5.74) is 0.897. The third kappa shape index (κ3) is 3.13. The lowest BCUT2D eigenvalue weighted by atomic mass is 10.1. The van der Waals surface area contributed by atoms with Crippen molar-refractivity contribution < 1.29 is 9.50 Å². The van der Waals surface area contributed by atoms with Crippen LogP contribution >= 0.6 is 0 Å². The molecule has 0 bridgehead atoms. The van der Waals surface area contributed by atoms with Gasteiger partial charge in [0.2, 0.25) is 0 Å². The van der Waals surface area contributed by atoms with Crippen LogP contribution in [0.2, 0.25) is 0 Å². The standard InChI is InChI=1S/C10H14FNO/c1-8(12-5-6-13)9-3-2-4-10(11)7-9/h2-4,7-8,12-13H,5-6H2,1H3. The SMILES string of the molecule is CC(NCCO)c1cccc(F)c1. The second kappa shape index (κ2) is 4.94. The van der Waals surface area contributed by atoms with Crippen LogP contribution in [0.15, 0.2) is 24.3 Å². The number of hydrogen-bond acceptors (Lipinski definition) is 2. The van der Waals surface area contributed by atoms with Crippen molar-refractivity contribution in [3.8, 4) is 0 Å². The molecule has 0 aliphatic rings. The predicted octanol–water partition coefficient (Wildman–Crippen LogP) is 1.47. The molecule has 1 aromatic rings. The van der Waals surface area contributed by atoms with Gasteiger partial charge in [-0.25, -0.2) is 4.39 Å². The molecule has 13 heavy (non-hydrogen) atoms. The molecule has 0 aliphatic heterocycles. The van der Waals surface area contributed by atoms with Crippen molar-refractivity contribution in [3.63, 3.8) is 0 Å². The van der Waals surface area contributed by atoms with E-state index in [0.29, 0.717) is 6.54 Å². The zero-order valence-electron chi connectivity index (χ0n) is 7.63. The van der Waals surface area contributed by atoms with Gasteiger partial charge in [-0.05, 0) is 24.6 Å². The summed E-state index contributed by atoms with van der Waals surface area (Å²) < 4.78 is 12.8. The molecule has 0 radical (unpaired) electrons. The zero-order chi connectivity index (χ0) is 9.68. The van der Waals surface area contributed by atoms with E-state index in [9.17, 15) is 4.39 Å². The van der Waals surface area contributed by atoms with Crippen LogP contribution in [0.25, 0.3) is 0 Å². The Labute approximate surface area is 77.4 Å². The molecule has 0 saturated carbocycles. The summed E-state index contributed by atoms with van der Waals surface area (Å²) in [5, 5.41) is 11.6. The number of nitrogens with one attached hydrogen (secondary N) is 1. The molecular formula is C10H14FNO. The van der Waals surface area contributed by atoms with Crippen LogP contribution in [0.1, 0.15) is 18.5 Å². The minimum absolute atomic E-state index is 0.0721. The Morgan fingerprint density at radius 1 is 1.54 bits per heavy atom. The van der Waals surface area contributed by atoms with Crippen molar-refractivity contribution in [1.29, 1.82) is 0 Å². The molecule has 0 amide bonds. The second-order valence-corrected chi connectivity index (χ2v) is 2.95. The summed E-state index contributed by atoms with van der Waals surface area (Å²) in [6.07, 6.45) is 0. The molecule has 0 aromatic heterocycles. The molecule has 0 saturated heterocycles. The third-order valence-corrected chi connectivity index (χ3v) is 1.91. The maximum atomic E-state index is 12.8. The Bertz CT molecular complexity index is 265. The van der Waals surface area contributed by atoms with Gasteiger partial charge in [0.05, 0.1) is 6.61 Å². The number of rotatable bonds is 4. The highest BCUT2D eigenvalue weighted by Gasteiger charge is 2.03. The van der Waals surface area contributed by atoms with Crippen molar-refractivity contribution in [2.45, 2.75) is 13.0 Å². The molecule has 1 rings (SSSR count). The lowest BCUT2D eigenvalue weighted by molar-refractivity contribution is 0.286. The third-order valence-electron chi connectivity index (χ3n) is 1.91. The summed E-state index contributed by atoms with van der Waals surface area (Å²) in [5.74, 6) is -0.227. The quantitative estimate of drug-likeness (QED) is 0.740. The van der Waals surface area contributed by atoms with E-state index in [-0.39, 0.29) is 18.5 Å². The Kier molecular flexibility index (Phi) is 3.86. The first-order chi connectivity index (χ1) is 6.24. The molecule has 1 aromatic carbocycles. The van der Waals surface area contributed by atoms with Gasteiger partial charge in [-0.1, -0.05) is 12.1 Å². The second-order valence-electron chi connectivity index (χ2n) is 2.95. The van der Waals surface area contributed by atoms with E-state index in [2.05, 4.69) is 5.32 Å². The van der Waals surface area contributed by atoms with Crippen molar-refractivity contribution in [2.24, 2.45) is 0 Å². The fraction of sp³-hybridized carbons (Fsp3) is 0.400. The van der Waals surface area contributed by atoms with Gasteiger partial charge in [0, 0.05) is 12.6 Å². The summed E-state index contributed by atoms with van der Waals surface area (Å²) in [6.45, 7) is 2.56. The van der Waals surface area contributed by atoms with Gasteiger partial charge in [0.15, 0.2) is 0 Å². The molecule has 0 aliphatic carbocycles. The smallest absolute Gasteiger partial charge is 0.123 e. The zero-order valence-corrected chi connectivity index (χ0v) is 7.63. The predicted molar refractivity (Wildman–Crippen MR) is 49.9 cm³/mol. The maximum Gasteiger partial charge on any atom is 0.123 e. The fourth-order valence-electron chi connectivity index (χ4n) is 1.17. The first kappa shape index (κ1) is 10.2. The average molecular weight is 183 g/mol. The van der Waals surface area contributed by atoms with E-state index >= 15 is 0 Å². The molecule has 72 valence electrons. The van der Waals surface area contributed by atoms with Crippen LogP contribution in [-0.4, -0.2) is 18.3 Å². The molecule has 0 spiro atoms. The van der Waals surface area contributed by atoms with Gasteiger partial charge < -0.3 is 10.4 Å². The highest BCUT2D eigenvalue weighted by Crippen LogP contribution is 2.12. The van der Waals surface area contributed by atoms with Crippen molar-refractivity contribution in [1.82, 2.24) is 5.32 Å². The summed E-state index contributed by atoms with van der Waals surface area (Å²) >= 11 is 0. The van der Waals surface area contributed by atoms with Crippen LogP contribution in [-0.2, 0) is 0 Å². The molecule has 3 heteroatoms. The molecule has 2 nitrogen and oxygen atoms in total. The van der Waals surface area contributed by atoms with E-state index in [4.69, 9.17) is 5.11 Å². The monoisotopic (exact) mass is 183 g/mol. The molecular weight excluding hydrogens is 169 g/mol. The highest BCUT2D eigenvalue weighted by atomic mass is 19.1. The lowest BCUT2D eigenvalue weighted by Gasteiger charge is -2.12. The lowest BCUT2D eigenvalue weighted by Crippen LogP contribution is -2.22. The van der Waals surface area contributed by atoms with Crippen molar-refractivity contribution >= 4 is 0 Å². The molecule has 1 atom stereocenters. The van der Waals surface area contributed by atoms with Crippen molar-refractivity contribution in [2.75, 3.05) is 13.2 Å². The normalized spacial score (nSPS) is 12.8. The minimum Gasteiger partial charge on any atom is -0.395 e. The topological polar surface area (TPSA) is 32.3 Å². The van der Waals surface area contributed by atoms with Gasteiger partial charge >= 0.3 is 0 Å². The fourth-order valence-corrected chi connectivity index (χ4v) is 1.17. The molecule has 0 heterocycles. The first-order valence-electron chi connectivity index (χ1n) is 4.33. The minimum atomic E-state index is -0.227.